The first-order valence-corrected chi connectivity index (χ1v) is 8.17. The molecule has 6 nitrogen and oxygen atoms in total. The molecule has 0 saturated heterocycles. The molecule has 1 aliphatic rings. The van der Waals surface area contributed by atoms with Gasteiger partial charge in [0.1, 0.15) is 5.82 Å². The van der Waals surface area contributed by atoms with Gasteiger partial charge in [0.15, 0.2) is 0 Å². The molecule has 1 unspecified atom stereocenters. The Morgan fingerprint density at radius 2 is 2.08 bits per heavy atom. The Balaban J connectivity index is 1.68. The SMILES string of the molecule is CNC(=O)c1cc(NC(=O)C2CC(c3cccc(F)c3)=NO2)ccc1Cl. The molecule has 2 amide bonds. The first-order valence-electron chi connectivity index (χ1n) is 7.79. The second kappa shape index (κ2) is 7.53. The van der Waals surface area contributed by atoms with Crippen LogP contribution in [0.1, 0.15) is 22.3 Å². The number of hydrogen-bond donors (Lipinski definition) is 2. The molecule has 134 valence electrons. The quantitative estimate of drug-likeness (QED) is 0.862. The van der Waals surface area contributed by atoms with Gasteiger partial charge in [-0.1, -0.05) is 28.9 Å². The largest absolute Gasteiger partial charge is 0.382 e. The van der Waals surface area contributed by atoms with E-state index in [0.29, 0.717) is 17.0 Å². The van der Waals surface area contributed by atoms with Crippen molar-refractivity contribution in [2.75, 3.05) is 12.4 Å². The molecule has 0 aromatic heterocycles. The van der Waals surface area contributed by atoms with Crippen LogP contribution in [-0.2, 0) is 9.63 Å². The molecule has 0 radical (unpaired) electrons. The highest BCUT2D eigenvalue weighted by atomic mass is 35.5. The number of carbonyl (C=O) groups is 2. The monoisotopic (exact) mass is 375 g/mol. The summed E-state index contributed by atoms with van der Waals surface area (Å²) in [6, 6.07) is 10.5. The van der Waals surface area contributed by atoms with Crippen LogP contribution in [0.4, 0.5) is 10.1 Å². The van der Waals surface area contributed by atoms with Crippen LogP contribution in [0.25, 0.3) is 0 Å². The van der Waals surface area contributed by atoms with Gasteiger partial charge in [-0.15, -0.1) is 0 Å². The highest BCUT2D eigenvalue weighted by Gasteiger charge is 2.29. The van der Waals surface area contributed by atoms with Crippen LogP contribution >= 0.6 is 11.6 Å². The lowest BCUT2D eigenvalue weighted by Crippen LogP contribution is -2.28. The van der Waals surface area contributed by atoms with Crippen molar-refractivity contribution in [3.05, 3.63) is 64.4 Å². The van der Waals surface area contributed by atoms with Crippen molar-refractivity contribution in [1.82, 2.24) is 5.32 Å². The van der Waals surface area contributed by atoms with Crippen molar-refractivity contribution in [3.8, 4) is 0 Å². The lowest BCUT2D eigenvalue weighted by molar-refractivity contribution is -0.125. The zero-order valence-electron chi connectivity index (χ0n) is 13.8. The molecule has 0 fully saturated rings. The van der Waals surface area contributed by atoms with E-state index in [0.717, 1.165) is 0 Å². The van der Waals surface area contributed by atoms with Gasteiger partial charge in [0, 0.05) is 24.7 Å². The summed E-state index contributed by atoms with van der Waals surface area (Å²) in [5.74, 6) is -1.17. The molecule has 1 heterocycles. The molecular formula is C18H15ClFN3O3. The fraction of sp³-hybridized carbons (Fsp3) is 0.167. The fourth-order valence-electron chi connectivity index (χ4n) is 2.49. The summed E-state index contributed by atoms with van der Waals surface area (Å²) in [6.07, 6.45) is -0.627. The maximum Gasteiger partial charge on any atom is 0.268 e. The first-order chi connectivity index (χ1) is 12.5. The Hall–Kier alpha value is -2.93. The predicted molar refractivity (Wildman–Crippen MR) is 95.9 cm³/mol. The van der Waals surface area contributed by atoms with Gasteiger partial charge in [-0.05, 0) is 30.3 Å². The van der Waals surface area contributed by atoms with Gasteiger partial charge in [0.2, 0.25) is 6.10 Å². The smallest absolute Gasteiger partial charge is 0.268 e. The van der Waals surface area contributed by atoms with Crippen molar-refractivity contribution in [1.29, 1.82) is 0 Å². The minimum Gasteiger partial charge on any atom is -0.382 e. The highest BCUT2D eigenvalue weighted by molar-refractivity contribution is 6.34. The highest BCUT2D eigenvalue weighted by Crippen LogP contribution is 2.22. The summed E-state index contributed by atoms with van der Waals surface area (Å²) < 4.78 is 13.3. The van der Waals surface area contributed by atoms with Crippen molar-refractivity contribution >= 4 is 34.8 Å². The van der Waals surface area contributed by atoms with E-state index in [9.17, 15) is 14.0 Å². The van der Waals surface area contributed by atoms with Gasteiger partial charge in [-0.3, -0.25) is 9.59 Å². The van der Waals surface area contributed by atoms with Gasteiger partial charge < -0.3 is 15.5 Å². The molecular weight excluding hydrogens is 361 g/mol. The molecule has 0 aliphatic carbocycles. The Labute approximate surface area is 154 Å². The van der Waals surface area contributed by atoms with Crippen LogP contribution in [0, 0.1) is 5.82 Å². The second-order valence-corrected chi connectivity index (χ2v) is 6.02. The Morgan fingerprint density at radius 1 is 1.27 bits per heavy atom. The number of nitrogens with one attached hydrogen (secondary N) is 2. The fourth-order valence-corrected chi connectivity index (χ4v) is 2.69. The minimum absolute atomic E-state index is 0.213. The lowest BCUT2D eigenvalue weighted by Gasteiger charge is -2.11. The number of oxime groups is 1. The van der Waals surface area contributed by atoms with E-state index >= 15 is 0 Å². The number of nitrogens with zero attached hydrogens (tertiary/aromatic N) is 1. The number of amides is 2. The molecule has 0 bridgehead atoms. The molecule has 2 aromatic carbocycles. The summed E-state index contributed by atoms with van der Waals surface area (Å²) >= 11 is 5.99. The van der Waals surface area contributed by atoms with E-state index in [2.05, 4.69) is 15.8 Å². The van der Waals surface area contributed by atoms with Crippen LogP contribution in [0.15, 0.2) is 47.6 Å². The van der Waals surface area contributed by atoms with Gasteiger partial charge in [-0.2, -0.15) is 0 Å². The van der Waals surface area contributed by atoms with Crippen molar-refractivity contribution in [2.45, 2.75) is 12.5 Å². The standard InChI is InChI=1S/C18H15ClFN3O3/c1-21-17(24)13-8-12(5-6-14(13)19)22-18(25)16-9-15(23-26-16)10-3-2-4-11(20)7-10/h2-8,16H,9H2,1H3,(H,21,24)(H,22,25). The first kappa shape index (κ1) is 17.9. The van der Waals surface area contributed by atoms with Crippen molar-refractivity contribution in [2.24, 2.45) is 5.16 Å². The van der Waals surface area contributed by atoms with E-state index in [1.54, 1.807) is 18.2 Å². The van der Waals surface area contributed by atoms with Gasteiger partial charge in [-0.25, -0.2) is 4.39 Å². The van der Waals surface area contributed by atoms with Crippen LogP contribution in [0.3, 0.4) is 0 Å². The molecule has 0 spiro atoms. The number of benzene rings is 2. The average molecular weight is 376 g/mol. The minimum atomic E-state index is -0.840. The molecule has 2 aromatic rings. The molecule has 0 saturated carbocycles. The zero-order valence-corrected chi connectivity index (χ0v) is 14.5. The van der Waals surface area contributed by atoms with E-state index in [4.69, 9.17) is 16.4 Å². The molecule has 2 N–H and O–H groups in total. The third kappa shape index (κ3) is 3.83. The number of halogens is 2. The van der Waals surface area contributed by atoms with Crippen LogP contribution in [0.2, 0.25) is 5.02 Å². The number of rotatable bonds is 4. The number of carbonyl (C=O) groups excluding carboxylic acids is 2. The third-order valence-electron chi connectivity index (χ3n) is 3.82. The molecule has 3 rings (SSSR count). The number of anilines is 1. The van der Waals surface area contributed by atoms with Crippen LogP contribution in [0.5, 0.6) is 0 Å². The van der Waals surface area contributed by atoms with Gasteiger partial charge in [0.25, 0.3) is 11.8 Å². The van der Waals surface area contributed by atoms with E-state index < -0.39 is 12.0 Å². The maximum absolute atomic E-state index is 13.3. The molecule has 26 heavy (non-hydrogen) atoms. The lowest BCUT2D eigenvalue weighted by atomic mass is 10.0. The summed E-state index contributed by atoms with van der Waals surface area (Å²) in [5, 5.41) is 9.28. The van der Waals surface area contributed by atoms with Crippen LogP contribution < -0.4 is 10.6 Å². The zero-order chi connectivity index (χ0) is 18.7. The Kier molecular flexibility index (Phi) is 5.18. The summed E-state index contributed by atoms with van der Waals surface area (Å²) in [5.41, 5.74) is 1.71. The predicted octanol–water partition coefficient (Wildman–Crippen LogP) is 2.97. The third-order valence-corrected chi connectivity index (χ3v) is 4.15. The van der Waals surface area contributed by atoms with Gasteiger partial charge in [0.05, 0.1) is 16.3 Å². The summed E-state index contributed by atoms with van der Waals surface area (Å²) in [7, 11) is 1.49. The average Bonchev–Trinajstić information content (AvgIpc) is 3.13. The van der Waals surface area contributed by atoms with Gasteiger partial charge >= 0.3 is 0 Å². The Bertz CT molecular complexity index is 901. The molecule has 8 heteroatoms. The summed E-state index contributed by atoms with van der Waals surface area (Å²) in [6.45, 7) is 0. The second-order valence-electron chi connectivity index (χ2n) is 5.61. The molecule has 1 atom stereocenters. The van der Waals surface area contributed by atoms with Crippen LogP contribution in [-0.4, -0.2) is 30.7 Å². The van der Waals surface area contributed by atoms with Crippen molar-refractivity contribution in [3.63, 3.8) is 0 Å². The van der Waals surface area contributed by atoms with E-state index in [1.165, 1.54) is 31.3 Å². The van der Waals surface area contributed by atoms with E-state index in [1.807, 2.05) is 0 Å². The summed E-state index contributed by atoms with van der Waals surface area (Å²) in [4.78, 5) is 29.3. The molecule has 1 aliphatic heterocycles. The topological polar surface area (TPSA) is 79.8 Å². The maximum atomic E-state index is 13.3. The van der Waals surface area contributed by atoms with Crippen molar-refractivity contribution < 1.29 is 18.8 Å². The normalized spacial score (nSPS) is 15.8. The Morgan fingerprint density at radius 3 is 2.81 bits per heavy atom. The number of hydrogen-bond acceptors (Lipinski definition) is 4. The van der Waals surface area contributed by atoms with E-state index in [-0.39, 0.29) is 28.7 Å².